The van der Waals surface area contributed by atoms with Gasteiger partial charge in [-0.05, 0) is 43.7 Å². The molecule has 0 radical (unpaired) electrons. The van der Waals surface area contributed by atoms with Crippen molar-refractivity contribution >= 4 is 23.4 Å². The Hall–Kier alpha value is -2.34. The Morgan fingerprint density at radius 1 is 1.13 bits per heavy atom. The lowest BCUT2D eigenvalue weighted by Gasteiger charge is -2.35. The van der Waals surface area contributed by atoms with Crippen LogP contribution in [-0.2, 0) is 16.0 Å². The van der Waals surface area contributed by atoms with Gasteiger partial charge >= 0.3 is 0 Å². The van der Waals surface area contributed by atoms with Crippen molar-refractivity contribution in [2.45, 2.75) is 57.4 Å². The number of piperidine rings is 1. The number of hydrogen-bond acceptors (Lipinski definition) is 4. The first-order valence-corrected chi connectivity index (χ1v) is 11.2. The normalized spacial score (nSPS) is 20.3. The van der Waals surface area contributed by atoms with Crippen LogP contribution in [0, 0.1) is 0 Å². The fraction of sp³-hybridized carbons (Fsp3) is 0.522. The molecule has 0 aliphatic carbocycles. The van der Waals surface area contributed by atoms with Crippen LogP contribution >= 0.6 is 11.6 Å². The molecule has 2 aromatic rings. The quantitative estimate of drug-likeness (QED) is 0.707. The number of carbonyl (C=O) groups is 2. The molecule has 160 valence electrons. The van der Waals surface area contributed by atoms with Gasteiger partial charge in [0.15, 0.2) is 0 Å². The van der Waals surface area contributed by atoms with E-state index in [-0.39, 0.29) is 24.4 Å². The number of likely N-dealkylation sites (tertiary alicyclic amines) is 2. The summed E-state index contributed by atoms with van der Waals surface area (Å²) in [7, 11) is 0. The SMILES string of the molecule is O=C1CCCCCN1CC(=O)N1CCCCC1c1ncc(Cc2ccccc2Cl)o1. The Labute approximate surface area is 182 Å². The number of halogens is 1. The Bertz CT molecular complexity index is 897. The second kappa shape index (κ2) is 9.65. The molecule has 30 heavy (non-hydrogen) atoms. The van der Waals surface area contributed by atoms with Gasteiger partial charge in [-0.3, -0.25) is 9.59 Å². The smallest absolute Gasteiger partial charge is 0.242 e. The van der Waals surface area contributed by atoms with Gasteiger partial charge in [-0.15, -0.1) is 0 Å². The lowest BCUT2D eigenvalue weighted by atomic mass is 10.0. The highest BCUT2D eigenvalue weighted by atomic mass is 35.5. The molecular weight excluding hydrogens is 402 g/mol. The van der Waals surface area contributed by atoms with Crippen LogP contribution in [0.25, 0.3) is 0 Å². The molecule has 3 heterocycles. The second-order valence-electron chi connectivity index (χ2n) is 8.16. The van der Waals surface area contributed by atoms with Crippen molar-refractivity contribution in [1.82, 2.24) is 14.8 Å². The van der Waals surface area contributed by atoms with Gasteiger partial charge in [0.2, 0.25) is 17.7 Å². The van der Waals surface area contributed by atoms with Crippen molar-refractivity contribution in [3.63, 3.8) is 0 Å². The average molecular weight is 430 g/mol. The number of oxazole rings is 1. The van der Waals surface area contributed by atoms with Gasteiger partial charge in [0.25, 0.3) is 0 Å². The maximum Gasteiger partial charge on any atom is 0.242 e. The van der Waals surface area contributed by atoms with Crippen molar-refractivity contribution < 1.29 is 14.0 Å². The maximum absolute atomic E-state index is 13.1. The van der Waals surface area contributed by atoms with E-state index in [4.69, 9.17) is 16.0 Å². The van der Waals surface area contributed by atoms with E-state index < -0.39 is 0 Å². The molecule has 1 aromatic heterocycles. The highest BCUT2D eigenvalue weighted by molar-refractivity contribution is 6.31. The van der Waals surface area contributed by atoms with Gasteiger partial charge in [0.1, 0.15) is 11.8 Å². The van der Waals surface area contributed by atoms with E-state index in [1.807, 2.05) is 29.2 Å². The van der Waals surface area contributed by atoms with Crippen LogP contribution in [0.15, 0.2) is 34.9 Å². The lowest BCUT2D eigenvalue weighted by molar-refractivity contribution is -0.143. The zero-order chi connectivity index (χ0) is 20.9. The molecule has 2 aliphatic rings. The summed E-state index contributed by atoms with van der Waals surface area (Å²) in [5.74, 6) is 1.39. The molecule has 4 rings (SSSR count). The summed E-state index contributed by atoms with van der Waals surface area (Å²) >= 11 is 6.26. The summed E-state index contributed by atoms with van der Waals surface area (Å²) in [5, 5.41) is 0.701. The number of hydrogen-bond donors (Lipinski definition) is 0. The van der Waals surface area contributed by atoms with Crippen LogP contribution < -0.4 is 0 Å². The van der Waals surface area contributed by atoms with E-state index in [2.05, 4.69) is 4.98 Å². The molecule has 2 fully saturated rings. The summed E-state index contributed by atoms with van der Waals surface area (Å²) in [6, 6.07) is 7.51. The summed E-state index contributed by atoms with van der Waals surface area (Å²) in [5.41, 5.74) is 0.984. The minimum atomic E-state index is -0.173. The van der Waals surface area contributed by atoms with E-state index in [1.165, 1.54) is 0 Å². The topological polar surface area (TPSA) is 66.7 Å². The fourth-order valence-electron chi connectivity index (χ4n) is 4.33. The van der Waals surface area contributed by atoms with E-state index in [0.717, 1.165) is 49.8 Å². The molecule has 0 N–H and O–H groups in total. The molecule has 2 amide bonds. The highest BCUT2D eigenvalue weighted by Gasteiger charge is 2.33. The number of nitrogens with zero attached hydrogens (tertiary/aromatic N) is 3. The molecule has 0 saturated carbocycles. The summed E-state index contributed by atoms with van der Waals surface area (Å²) < 4.78 is 6.05. The largest absolute Gasteiger partial charge is 0.443 e. The Kier molecular flexibility index (Phi) is 6.72. The number of rotatable bonds is 5. The predicted octanol–water partition coefficient (Wildman–Crippen LogP) is 4.38. The first-order valence-electron chi connectivity index (χ1n) is 10.9. The third-order valence-corrected chi connectivity index (χ3v) is 6.37. The van der Waals surface area contributed by atoms with Crippen LogP contribution in [-0.4, -0.2) is 46.2 Å². The molecular formula is C23H28ClN3O3. The molecule has 1 atom stereocenters. The molecule has 7 heteroatoms. The third-order valence-electron chi connectivity index (χ3n) is 6.00. The molecule has 1 unspecified atom stereocenters. The minimum absolute atomic E-state index is 0.0131. The van der Waals surface area contributed by atoms with Gasteiger partial charge in [0, 0.05) is 31.0 Å². The van der Waals surface area contributed by atoms with Gasteiger partial charge in [-0.25, -0.2) is 4.98 Å². The van der Waals surface area contributed by atoms with Crippen molar-refractivity contribution in [1.29, 1.82) is 0 Å². The van der Waals surface area contributed by atoms with E-state index in [0.29, 0.717) is 36.8 Å². The lowest BCUT2D eigenvalue weighted by Crippen LogP contribution is -2.46. The molecule has 0 bridgehead atoms. The number of carbonyl (C=O) groups excluding carboxylic acids is 2. The third kappa shape index (κ3) is 4.86. The minimum Gasteiger partial charge on any atom is -0.443 e. The summed E-state index contributed by atoms with van der Waals surface area (Å²) in [6.07, 6.45) is 8.58. The van der Waals surface area contributed by atoms with Crippen molar-refractivity contribution in [2.75, 3.05) is 19.6 Å². The number of amides is 2. The van der Waals surface area contributed by atoms with Crippen molar-refractivity contribution in [2.24, 2.45) is 0 Å². The maximum atomic E-state index is 13.1. The average Bonchev–Trinajstić information content (AvgIpc) is 3.13. The summed E-state index contributed by atoms with van der Waals surface area (Å²) in [4.78, 5) is 33.5. The van der Waals surface area contributed by atoms with Crippen molar-refractivity contribution in [3.05, 3.63) is 52.7 Å². The number of benzene rings is 1. The van der Waals surface area contributed by atoms with Gasteiger partial charge in [-0.1, -0.05) is 36.2 Å². The van der Waals surface area contributed by atoms with Crippen molar-refractivity contribution in [3.8, 4) is 0 Å². The van der Waals surface area contributed by atoms with Gasteiger partial charge < -0.3 is 14.2 Å². The Morgan fingerprint density at radius 3 is 2.83 bits per heavy atom. The predicted molar refractivity (Wildman–Crippen MR) is 114 cm³/mol. The van der Waals surface area contributed by atoms with Gasteiger partial charge in [-0.2, -0.15) is 0 Å². The van der Waals surface area contributed by atoms with E-state index in [9.17, 15) is 9.59 Å². The molecule has 1 aromatic carbocycles. The zero-order valence-electron chi connectivity index (χ0n) is 17.2. The Balaban J connectivity index is 1.46. The fourth-order valence-corrected chi connectivity index (χ4v) is 4.54. The first kappa shape index (κ1) is 20.9. The standard InChI is InChI=1S/C23H28ClN3O3/c24-19-9-4-3-8-17(19)14-18-15-25-23(30-18)20-10-5-7-13-27(20)22(29)16-26-12-6-1-2-11-21(26)28/h3-4,8-9,15,20H,1-2,5-7,10-14,16H2. The molecule has 2 saturated heterocycles. The second-order valence-corrected chi connectivity index (χ2v) is 8.56. The molecule has 0 spiro atoms. The highest BCUT2D eigenvalue weighted by Crippen LogP contribution is 2.31. The Morgan fingerprint density at radius 2 is 1.97 bits per heavy atom. The van der Waals surface area contributed by atoms with Crippen LogP contribution in [0.5, 0.6) is 0 Å². The summed E-state index contributed by atoms with van der Waals surface area (Å²) in [6.45, 7) is 1.50. The first-order chi connectivity index (χ1) is 14.6. The monoisotopic (exact) mass is 429 g/mol. The van der Waals surface area contributed by atoms with Crippen LogP contribution in [0.3, 0.4) is 0 Å². The molecule has 6 nitrogen and oxygen atoms in total. The number of aromatic nitrogens is 1. The zero-order valence-corrected chi connectivity index (χ0v) is 17.9. The van der Waals surface area contributed by atoms with Crippen LogP contribution in [0.2, 0.25) is 5.02 Å². The van der Waals surface area contributed by atoms with Crippen LogP contribution in [0.4, 0.5) is 0 Å². The van der Waals surface area contributed by atoms with Gasteiger partial charge in [0.05, 0.1) is 12.7 Å². The van der Waals surface area contributed by atoms with E-state index in [1.54, 1.807) is 11.1 Å². The van der Waals surface area contributed by atoms with Crippen LogP contribution in [0.1, 0.15) is 68.2 Å². The van der Waals surface area contributed by atoms with E-state index >= 15 is 0 Å². The molecule has 2 aliphatic heterocycles.